The molecule has 0 saturated carbocycles. The number of fused-ring (bicyclic) bond motifs is 2. The highest BCUT2D eigenvalue weighted by Crippen LogP contribution is 2.42. The van der Waals surface area contributed by atoms with E-state index >= 15 is 0 Å². The molecule has 6 atom stereocenters. The van der Waals surface area contributed by atoms with Crippen molar-refractivity contribution >= 4 is 17.9 Å². The van der Waals surface area contributed by atoms with Crippen molar-refractivity contribution in [3.63, 3.8) is 0 Å². The Morgan fingerprint density at radius 2 is 1.64 bits per heavy atom. The van der Waals surface area contributed by atoms with Gasteiger partial charge in [-0.2, -0.15) is 31.6 Å². The molecule has 5 unspecified atom stereocenters. The van der Waals surface area contributed by atoms with Crippen LogP contribution in [0.5, 0.6) is 0 Å². The molecule has 3 aliphatic rings. The number of alkyl carbamates (subject to hydrolysis) is 1. The monoisotopic (exact) mass is 631 g/mol. The largest absolute Gasteiger partial charge is 0.444 e. The van der Waals surface area contributed by atoms with Crippen molar-refractivity contribution in [3.8, 4) is 6.07 Å². The molecule has 0 aliphatic carbocycles. The van der Waals surface area contributed by atoms with Gasteiger partial charge in [0.2, 0.25) is 11.8 Å². The molecular formula is C29H35F6N5O4. The van der Waals surface area contributed by atoms with Gasteiger partial charge < -0.3 is 19.9 Å². The summed E-state index contributed by atoms with van der Waals surface area (Å²) in [7, 11) is 0. The van der Waals surface area contributed by atoms with Gasteiger partial charge in [0.1, 0.15) is 17.7 Å². The van der Waals surface area contributed by atoms with E-state index in [9.17, 15) is 46.0 Å². The minimum absolute atomic E-state index is 0.0444. The Morgan fingerprint density at radius 1 is 1.05 bits per heavy atom. The third-order valence-electron chi connectivity index (χ3n) is 8.17. The number of benzene rings is 1. The second-order valence-electron chi connectivity index (χ2n) is 12.8. The number of hydrogen-bond donors (Lipinski definition) is 1. The van der Waals surface area contributed by atoms with Gasteiger partial charge >= 0.3 is 18.4 Å². The van der Waals surface area contributed by atoms with Crippen LogP contribution in [-0.2, 0) is 26.7 Å². The van der Waals surface area contributed by atoms with E-state index in [2.05, 4.69) is 11.4 Å². The van der Waals surface area contributed by atoms with Gasteiger partial charge in [-0.15, -0.1) is 0 Å². The number of alkyl halides is 6. The molecule has 15 heteroatoms. The van der Waals surface area contributed by atoms with Gasteiger partial charge in [-0.05, 0) is 70.2 Å². The zero-order valence-corrected chi connectivity index (χ0v) is 24.9. The van der Waals surface area contributed by atoms with Crippen molar-refractivity contribution in [3.05, 3.63) is 34.9 Å². The molecule has 0 radical (unpaired) electrons. The van der Waals surface area contributed by atoms with Gasteiger partial charge in [0.15, 0.2) is 0 Å². The molecule has 1 N–H and O–H groups in total. The van der Waals surface area contributed by atoms with Gasteiger partial charge in [-0.25, -0.2) is 4.79 Å². The van der Waals surface area contributed by atoms with E-state index in [-0.39, 0.29) is 37.1 Å². The number of carbonyl (C=O) groups excluding carboxylic acids is 3. The highest BCUT2D eigenvalue weighted by atomic mass is 19.4. The van der Waals surface area contributed by atoms with E-state index in [4.69, 9.17) is 4.74 Å². The van der Waals surface area contributed by atoms with Crippen molar-refractivity contribution in [2.75, 3.05) is 19.6 Å². The fourth-order valence-electron chi connectivity index (χ4n) is 6.26. The highest BCUT2D eigenvalue weighted by molar-refractivity contribution is 5.88. The summed E-state index contributed by atoms with van der Waals surface area (Å²) in [5, 5.41) is 12.2. The molecule has 3 aliphatic heterocycles. The van der Waals surface area contributed by atoms with Crippen molar-refractivity contribution in [1.29, 1.82) is 5.26 Å². The van der Waals surface area contributed by atoms with Gasteiger partial charge in [-0.1, -0.05) is 6.92 Å². The first-order valence-corrected chi connectivity index (χ1v) is 14.2. The predicted molar refractivity (Wildman–Crippen MR) is 144 cm³/mol. The number of amides is 3. The summed E-state index contributed by atoms with van der Waals surface area (Å²) in [5.41, 5.74) is -4.10. The van der Waals surface area contributed by atoms with Gasteiger partial charge in [-0.3, -0.25) is 14.5 Å². The molecule has 242 valence electrons. The molecule has 3 fully saturated rings. The quantitative estimate of drug-likeness (QED) is 0.456. The average Bonchev–Trinajstić information content (AvgIpc) is 3.57. The number of nitrogens with zero attached hydrogens (tertiary/aromatic N) is 4. The number of carbonyl (C=O) groups is 3. The predicted octanol–water partition coefficient (Wildman–Crippen LogP) is 4.72. The van der Waals surface area contributed by atoms with Crippen LogP contribution in [0.4, 0.5) is 31.1 Å². The summed E-state index contributed by atoms with van der Waals surface area (Å²) in [4.78, 5) is 44.2. The van der Waals surface area contributed by atoms with Crippen molar-refractivity contribution in [2.45, 2.75) is 95.6 Å². The zero-order valence-electron chi connectivity index (χ0n) is 24.9. The van der Waals surface area contributed by atoms with Crippen LogP contribution in [0.15, 0.2) is 18.2 Å². The van der Waals surface area contributed by atoms with E-state index in [1.54, 1.807) is 25.7 Å². The molecule has 9 nitrogen and oxygen atoms in total. The van der Waals surface area contributed by atoms with Gasteiger partial charge in [0.05, 0.1) is 29.3 Å². The average molecular weight is 632 g/mol. The first-order chi connectivity index (χ1) is 20.2. The lowest BCUT2D eigenvalue weighted by Crippen LogP contribution is -2.59. The maximum absolute atomic E-state index is 13.6. The first-order valence-electron chi connectivity index (χ1n) is 14.2. The number of rotatable bonds is 6. The second-order valence-corrected chi connectivity index (χ2v) is 12.8. The number of nitriles is 1. The molecule has 0 spiro atoms. The van der Waals surface area contributed by atoms with Crippen LogP contribution < -0.4 is 5.32 Å². The second kappa shape index (κ2) is 11.8. The van der Waals surface area contributed by atoms with Crippen molar-refractivity contribution < 1.29 is 45.5 Å². The third-order valence-corrected chi connectivity index (χ3v) is 8.17. The summed E-state index contributed by atoms with van der Waals surface area (Å²) in [5.74, 6) is -0.970. The van der Waals surface area contributed by atoms with Crippen LogP contribution in [-0.4, -0.2) is 82.0 Å². The van der Waals surface area contributed by atoms with E-state index in [1.165, 1.54) is 16.7 Å². The topological polar surface area (TPSA) is 106 Å². The van der Waals surface area contributed by atoms with E-state index in [1.807, 2.05) is 6.92 Å². The number of halogens is 6. The number of nitrogens with one attached hydrogen (secondary N) is 1. The Hall–Kier alpha value is -3.54. The standard InChI is InChI=1S/C29H35F6N5O4/c1-15-6-20(11-36)39(12-15)24(41)22(37-26(43)44-27(3,4)5)14-38-13-21-10-23(38)25(42)40(21)16(2)17-7-18(28(30,31)32)9-19(8-17)29(33,34)35/h7-9,15-16,20-23H,6,10,12-14H2,1-5H3,(H,37,43)/t15?,16-,20?,21?,22?,23?/m0/s1. The fourth-order valence-corrected chi connectivity index (χ4v) is 6.26. The summed E-state index contributed by atoms with van der Waals surface area (Å²) < 4.78 is 86.1. The molecule has 1 aromatic carbocycles. The van der Waals surface area contributed by atoms with E-state index < -0.39 is 77.2 Å². The van der Waals surface area contributed by atoms with Gasteiger partial charge in [0, 0.05) is 25.7 Å². The highest BCUT2D eigenvalue weighted by Gasteiger charge is 2.52. The SMILES string of the molecule is CC1CC(C#N)N(C(=O)C(CN2CC3CC2C(=O)N3[C@@H](C)c2cc(C(F)(F)F)cc(C(F)(F)F)c2)NC(=O)OC(C)(C)C)C1. The number of ether oxygens (including phenoxy) is 1. The number of piperazine rings is 1. The Labute approximate surface area is 251 Å². The lowest BCUT2D eigenvalue weighted by Gasteiger charge is -2.39. The minimum Gasteiger partial charge on any atom is -0.444 e. The summed E-state index contributed by atoms with van der Waals surface area (Å²) in [6, 6.07) is -0.931. The first kappa shape index (κ1) is 33.4. The molecule has 0 aromatic heterocycles. The Bertz CT molecular complexity index is 1300. The zero-order chi connectivity index (χ0) is 32.9. The van der Waals surface area contributed by atoms with Crippen molar-refractivity contribution in [2.24, 2.45) is 5.92 Å². The lowest BCUT2D eigenvalue weighted by molar-refractivity contribution is -0.143. The number of likely N-dealkylation sites (tertiary alicyclic amines) is 3. The minimum atomic E-state index is -5.03. The van der Waals surface area contributed by atoms with Crippen LogP contribution in [0.2, 0.25) is 0 Å². The maximum atomic E-state index is 13.6. The smallest absolute Gasteiger partial charge is 0.416 e. The fraction of sp³-hybridized carbons (Fsp3) is 0.655. The molecule has 3 heterocycles. The summed E-state index contributed by atoms with van der Waals surface area (Å²) in [6.45, 7) is 8.57. The molecule has 1 aromatic rings. The molecule has 4 rings (SSSR count). The summed E-state index contributed by atoms with van der Waals surface area (Å²) >= 11 is 0. The molecule has 3 amide bonds. The number of hydrogen-bond acceptors (Lipinski definition) is 6. The van der Waals surface area contributed by atoms with Crippen LogP contribution in [0.3, 0.4) is 0 Å². The van der Waals surface area contributed by atoms with Crippen LogP contribution >= 0.6 is 0 Å². The third kappa shape index (κ3) is 7.06. The Morgan fingerprint density at radius 3 is 2.14 bits per heavy atom. The van der Waals surface area contributed by atoms with E-state index in [0.29, 0.717) is 25.1 Å². The van der Waals surface area contributed by atoms with Crippen LogP contribution in [0, 0.1) is 17.2 Å². The maximum Gasteiger partial charge on any atom is 0.416 e. The molecule has 2 bridgehead atoms. The van der Waals surface area contributed by atoms with Crippen LogP contribution in [0.25, 0.3) is 0 Å². The van der Waals surface area contributed by atoms with Gasteiger partial charge in [0.25, 0.3) is 0 Å². The normalized spacial score (nSPS) is 25.6. The Balaban J connectivity index is 1.55. The van der Waals surface area contributed by atoms with Crippen LogP contribution in [0.1, 0.15) is 70.2 Å². The Kier molecular flexibility index (Phi) is 8.91. The van der Waals surface area contributed by atoms with Crippen molar-refractivity contribution in [1.82, 2.24) is 20.0 Å². The molecule has 44 heavy (non-hydrogen) atoms. The summed E-state index contributed by atoms with van der Waals surface area (Å²) in [6.07, 6.45) is -10.2. The molecular weight excluding hydrogens is 596 g/mol. The molecule has 3 saturated heterocycles. The van der Waals surface area contributed by atoms with E-state index in [0.717, 1.165) is 0 Å². The lowest BCUT2D eigenvalue weighted by atomic mass is 9.98.